The van der Waals surface area contributed by atoms with Gasteiger partial charge >= 0.3 is 0 Å². The Morgan fingerprint density at radius 2 is 1.00 bits per heavy atom. The first-order valence-corrected chi connectivity index (χ1v) is 20.5. The van der Waals surface area contributed by atoms with Gasteiger partial charge in [-0.05, 0) is 101 Å². The fourth-order valence-corrected chi connectivity index (χ4v) is 9.01. The Bertz CT molecular complexity index is 2790. The molecule has 9 rings (SSSR count). The zero-order valence-electron chi connectivity index (χ0n) is 34.8. The molecule has 0 saturated carbocycles. The molecule has 288 valence electrons. The molecule has 1 heterocycles. The van der Waals surface area contributed by atoms with Crippen LogP contribution in [0.15, 0.2) is 182 Å². The molecule has 2 aliphatic rings. The molecule has 0 radical (unpaired) electrons. The molecule has 0 fully saturated rings. The van der Waals surface area contributed by atoms with Gasteiger partial charge in [0.15, 0.2) is 5.82 Å². The van der Waals surface area contributed by atoms with Gasteiger partial charge in [-0.1, -0.05) is 182 Å². The van der Waals surface area contributed by atoms with Gasteiger partial charge in [-0.15, -0.1) is 0 Å². The highest BCUT2D eigenvalue weighted by atomic mass is 14.9. The molecule has 1 aromatic heterocycles. The SMILES string of the molecule is C=C/C(=C\N=C(/C=C)c1ccc(C(C)(C)C)cc1)c1ccc2c(c1)C1(c3ccccc3-c3ccccc31)c1cc(-c3cnc(-c4ccc(C(C)(C)C)cc4)nc3)ccc1-2. The van der Waals surface area contributed by atoms with Crippen molar-refractivity contribution in [1.29, 1.82) is 0 Å². The van der Waals surface area contributed by atoms with E-state index in [0.717, 1.165) is 44.9 Å². The number of aromatic nitrogens is 2. The molecule has 0 unspecified atom stereocenters. The monoisotopic (exact) mass is 763 g/mol. The van der Waals surface area contributed by atoms with E-state index in [1.165, 1.54) is 55.6 Å². The van der Waals surface area contributed by atoms with Gasteiger partial charge < -0.3 is 0 Å². The minimum absolute atomic E-state index is 0.0756. The van der Waals surface area contributed by atoms with Crippen LogP contribution in [0, 0.1) is 0 Å². The molecule has 3 nitrogen and oxygen atoms in total. The van der Waals surface area contributed by atoms with E-state index in [1.807, 2.05) is 30.7 Å². The van der Waals surface area contributed by atoms with Crippen LogP contribution in [-0.4, -0.2) is 15.7 Å². The molecular formula is C56H49N3. The van der Waals surface area contributed by atoms with Crippen LogP contribution < -0.4 is 0 Å². The van der Waals surface area contributed by atoms with E-state index in [1.54, 1.807) is 0 Å². The Labute approximate surface area is 349 Å². The highest BCUT2D eigenvalue weighted by molar-refractivity contribution is 6.09. The Kier molecular flexibility index (Phi) is 9.16. The summed E-state index contributed by atoms with van der Waals surface area (Å²) in [5, 5.41) is 0. The average Bonchev–Trinajstić information content (AvgIpc) is 3.71. The maximum Gasteiger partial charge on any atom is 0.159 e. The van der Waals surface area contributed by atoms with Crippen LogP contribution in [0.4, 0.5) is 0 Å². The second-order valence-electron chi connectivity index (χ2n) is 17.8. The summed E-state index contributed by atoms with van der Waals surface area (Å²) in [6.07, 6.45) is 9.58. The molecule has 6 aromatic carbocycles. The summed E-state index contributed by atoms with van der Waals surface area (Å²) < 4.78 is 0. The van der Waals surface area contributed by atoms with Crippen molar-refractivity contribution in [1.82, 2.24) is 9.97 Å². The number of nitrogens with zero attached hydrogens (tertiary/aromatic N) is 3. The minimum Gasteiger partial charge on any atom is -0.256 e. The van der Waals surface area contributed by atoms with Gasteiger partial charge in [-0.2, -0.15) is 0 Å². The van der Waals surface area contributed by atoms with Crippen molar-refractivity contribution < 1.29 is 0 Å². The quantitative estimate of drug-likeness (QED) is 0.120. The van der Waals surface area contributed by atoms with E-state index < -0.39 is 5.41 Å². The van der Waals surface area contributed by atoms with Crippen molar-refractivity contribution in [2.75, 3.05) is 0 Å². The summed E-state index contributed by atoms with van der Waals surface area (Å²) in [6, 6.07) is 48.8. The Morgan fingerprint density at radius 3 is 1.56 bits per heavy atom. The van der Waals surface area contributed by atoms with Gasteiger partial charge in [0.25, 0.3) is 0 Å². The molecule has 2 aliphatic carbocycles. The number of aliphatic imine (C=N–C) groups is 1. The Balaban J connectivity index is 1.16. The van der Waals surface area contributed by atoms with Gasteiger partial charge in [-0.25, -0.2) is 9.97 Å². The van der Waals surface area contributed by atoms with E-state index in [2.05, 4.69) is 188 Å². The fraction of sp³-hybridized carbons (Fsp3) is 0.161. The standard InChI is InChI=1S/C56H49N3/c1-9-36(33-57-52(10-2)37-19-25-42(26-20-37)54(3,4)5)39-23-29-46-47-30-24-40(41-34-58-53(59-35-41)38-21-27-43(28-22-38)55(6,7)8)32-51(47)56(50(46)31-39)48-17-13-11-15-44(48)45-16-12-14-18-49(45)56/h9-35H,1-2H2,3-8H3/b36-33+,57-52+. The third-order valence-electron chi connectivity index (χ3n) is 12.2. The summed E-state index contributed by atoms with van der Waals surface area (Å²) in [4.78, 5) is 14.7. The molecule has 1 spiro atoms. The van der Waals surface area contributed by atoms with Crippen molar-refractivity contribution >= 4 is 11.3 Å². The molecule has 0 amide bonds. The number of benzene rings is 6. The Morgan fingerprint density at radius 1 is 0.508 bits per heavy atom. The number of rotatable bonds is 7. The second kappa shape index (κ2) is 14.3. The predicted octanol–water partition coefficient (Wildman–Crippen LogP) is 14.0. The smallest absolute Gasteiger partial charge is 0.159 e. The lowest BCUT2D eigenvalue weighted by molar-refractivity contribution is 0.590. The van der Waals surface area contributed by atoms with Crippen molar-refractivity contribution in [3.63, 3.8) is 0 Å². The van der Waals surface area contributed by atoms with E-state index in [4.69, 9.17) is 15.0 Å². The van der Waals surface area contributed by atoms with Gasteiger partial charge in [0.1, 0.15) is 0 Å². The topological polar surface area (TPSA) is 38.1 Å². The normalized spacial score (nSPS) is 14.1. The molecule has 7 aromatic rings. The summed E-state index contributed by atoms with van der Waals surface area (Å²) >= 11 is 0. The second-order valence-corrected chi connectivity index (χ2v) is 17.8. The molecule has 0 atom stereocenters. The molecule has 3 heteroatoms. The van der Waals surface area contributed by atoms with Gasteiger partial charge in [0.2, 0.25) is 0 Å². The van der Waals surface area contributed by atoms with Gasteiger partial charge in [-0.3, -0.25) is 4.99 Å². The van der Waals surface area contributed by atoms with Crippen molar-refractivity contribution in [2.24, 2.45) is 4.99 Å². The Hall–Kier alpha value is -6.71. The third kappa shape index (κ3) is 6.33. The van der Waals surface area contributed by atoms with E-state index in [-0.39, 0.29) is 10.8 Å². The molecule has 0 N–H and O–H groups in total. The number of fused-ring (bicyclic) bond motifs is 10. The van der Waals surface area contributed by atoms with Crippen LogP contribution in [-0.2, 0) is 16.2 Å². The molecule has 0 bridgehead atoms. The molecule has 59 heavy (non-hydrogen) atoms. The lowest BCUT2D eigenvalue weighted by atomic mass is 9.70. The maximum atomic E-state index is 4.98. The van der Waals surface area contributed by atoms with Crippen LogP contribution in [0.3, 0.4) is 0 Å². The van der Waals surface area contributed by atoms with Crippen molar-refractivity contribution in [3.05, 3.63) is 222 Å². The first-order chi connectivity index (χ1) is 28.4. The van der Waals surface area contributed by atoms with Crippen LogP contribution in [0.5, 0.6) is 0 Å². The lowest BCUT2D eigenvalue weighted by Gasteiger charge is -2.31. The first kappa shape index (κ1) is 37.8. The van der Waals surface area contributed by atoms with Crippen molar-refractivity contribution in [2.45, 2.75) is 57.8 Å². The van der Waals surface area contributed by atoms with E-state index in [9.17, 15) is 0 Å². The van der Waals surface area contributed by atoms with Gasteiger partial charge in [0, 0.05) is 35.3 Å². The van der Waals surface area contributed by atoms with Gasteiger partial charge in [0.05, 0.1) is 11.1 Å². The first-order valence-electron chi connectivity index (χ1n) is 20.5. The largest absolute Gasteiger partial charge is 0.256 e. The minimum atomic E-state index is -0.532. The average molecular weight is 764 g/mol. The number of hydrogen-bond donors (Lipinski definition) is 0. The fourth-order valence-electron chi connectivity index (χ4n) is 9.01. The number of allylic oxidation sites excluding steroid dienone is 3. The third-order valence-corrected chi connectivity index (χ3v) is 12.2. The van der Waals surface area contributed by atoms with Crippen LogP contribution >= 0.6 is 0 Å². The summed E-state index contributed by atoms with van der Waals surface area (Å²) in [7, 11) is 0. The van der Waals surface area contributed by atoms with Crippen molar-refractivity contribution in [3.8, 4) is 44.8 Å². The van der Waals surface area contributed by atoms with E-state index in [0.29, 0.717) is 0 Å². The predicted molar refractivity (Wildman–Crippen MR) is 248 cm³/mol. The molecule has 0 saturated heterocycles. The maximum absolute atomic E-state index is 4.98. The molecule has 0 aliphatic heterocycles. The van der Waals surface area contributed by atoms with Crippen LogP contribution in [0.1, 0.15) is 86.1 Å². The lowest BCUT2D eigenvalue weighted by Crippen LogP contribution is -2.26. The number of hydrogen-bond acceptors (Lipinski definition) is 3. The summed E-state index contributed by atoms with van der Waals surface area (Å²) in [5.41, 5.74) is 19.2. The molecular weight excluding hydrogens is 715 g/mol. The zero-order valence-corrected chi connectivity index (χ0v) is 34.8. The summed E-state index contributed by atoms with van der Waals surface area (Å²) in [6.45, 7) is 21.7. The van der Waals surface area contributed by atoms with Crippen LogP contribution in [0.25, 0.3) is 50.3 Å². The van der Waals surface area contributed by atoms with Crippen LogP contribution in [0.2, 0.25) is 0 Å². The highest BCUT2D eigenvalue weighted by Crippen LogP contribution is 2.63. The zero-order chi connectivity index (χ0) is 41.1. The highest BCUT2D eigenvalue weighted by Gasteiger charge is 2.51. The van der Waals surface area contributed by atoms with E-state index >= 15 is 0 Å². The summed E-state index contributed by atoms with van der Waals surface area (Å²) in [5.74, 6) is 0.722.